The number of amides is 2. The number of hydrogen-bond donors (Lipinski definition) is 1. The molecule has 1 N–H and O–H groups in total. The largest absolute Gasteiger partial charge is 0.494 e. The van der Waals surface area contributed by atoms with E-state index >= 15 is 0 Å². The minimum atomic E-state index is -4.31. The molecule has 11 heteroatoms. The van der Waals surface area contributed by atoms with Crippen molar-refractivity contribution in [3.8, 4) is 5.75 Å². The molecule has 42 heavy (non-hydrogen) atoms. The van der Waals surface area contributed by atoms with E-state index < -0.39 is 40.2 Å². The van der Waals surface area contributed by atoms with Gasteiger partial charge < -0.3 is 15.0 Å². The third-order valence-electron chi connectivity index (χ3n) is 7.25. The molecule has 8 nitrogen and oxygen atoms in total. The van der Waals surface area contributed by atoms with Crippen molar-refractivity contribution < 1.29 is 31.5 Å². The van der Waals surface area contributed by atoms with E-state index in [9.17, 15) is 26.8 Å². The van der Waals surface area contributed by atoms with Crippen LogP contribution in [-0.2, 0) is 26.2 Å². The molecule has 0 bridgehead atoms. The van der Waals surface area contributed by atoms with Gasteiger partial charge in [0, 0.05) is 12.6 Å². The van der Waals surface area contributed by atoms with E-state index in [1.54, 1.807) is 13.8 Å². The molecule has 2 amide bonds. The van der Waals surface area contributed by atoms with E-state index in [4.69, 9.17) is 4.74 Å². The van der Waals surface area contributed by atoms with Crippen molar-refractivity contribution in [3.63, 3.8) is 0 Å². The van der Waals surface area contributed by atoms with Gasteiger partial charge in [0.25, 0.3) is 10.0 Å². The molecule has 1 unspecified atom stereocenters. The van der Waals surface area contributed by atoms with Crippen LogP contribution in [0.4, 0.5) is 14.5 Å². The molecule has 0 aliphatic heterocycles. The number of carbonyl (C=O) groups excluding carboxylic acids is 2. The second kappa shape index (κ2) is 13.8. The van der Waals surface area contributed by atoms with Gasteiger partial charge in [-0.05, 0) is 92.9 Å². The SMILES string of the molecule is CCOc1ccc(S(=O)(=O)N(CC(=O)N(Cc2ccc(F)cc2)C(C)C(=O)NC2CCCC2)c2ccc(F)cc2)cc1. The monoisotopic (exact) mass is 599 g/mol. The molecule has 1 atom stereocenters. The van der Waals surface area contributed by atoms with Gasteiger partial charge in [0.15, 0.2) is 0 Å². The third-order valence-corrected chi connectivity index (χ3v) is 9.04. The van der Waals surface area contributed by atoms with E-state index in [1.807, 2.05) is 0 Å². The highest BCUT2D eigenvalue weighted by Crippen LogP contribution is 2.26. The lowest BCUT2D eigenvalue weighted by Gasteiger charge is -2.32. The Morgan fingerprint density at radius 2 is 1.50 bits per heavy atom. The summed E-state index contributed by atoms with van der Waals surface area (Å²) in [6.07, 6.45) is 3.72. The van der Waals surface area contributed by atoms with E-state index in [2.05, 4.69) is 5.32 Å². The third kappa shape index (κ3) is 7.64. The zero-order chi connectivity index (χ0) is 30.3. The summed E-state index contributed by atoms with van der Waals surface area (Å²) < 4.78 is 61.4. The lowest BCUT2D eigenvalue weighted by Crippen LogP contribution is -2.52. The van der Waals surface area contributed by atoms with Crippen LogP contribution in [0.15, 0.2) is 77.7 Å². The van der Waals surface area contributed by atoms with Gasteiger partial charge in [-0.2, -0.15) is 0 Å². The molecule has 3 aromatic rings. The molecule has 0 saturated heterocycles. The van der Waals surface area contributed by atoms with Crippen molar-refractivity contribution in [1.29, 1.82) is 0 Å². The fourth-order valence-electron chi connectivity index (χ4n) is 4.90. The summed E-state index contributed by atoms with van der Waals surface area (Å²) >= 11 is 0. The van der Waals surface area contributed by atoms with Gasteiger partial charge in [-0.1, -0.05) is 25.0 Å². The van der Waals surface area contributed by atoms with Crippen molar-refractivity contribution >= 4 is 27.5 Å². The number of ether oxygens (including phenoxy) is 1. The van der Waals surface area contributed by atoms with Crippen LogP contribution in [0.25, 0.3) is 0 Å². The van der Waals surface area contributed by atoms with Crippen molar-refractivity contribution in [2.24, 2.45) is 0 Å². The molecule has 0 spiro atoms. The molecular weight excluding hydrogens is 564 g/mol. The smallest absolute Gasteiger partial charge is 0.264 e. The van der Waals surface area contributed by atoms with Crippen LogP contribution in [0, 0.1) is 11.6 Å². The first-order chi connectivity index (χ1) is 20.1. The number of anilines is 1. The molecule has 1 aliphatic carbocycles. The second-order valence-corrected chi connectivity index (χ2v) is 12.1. The Balaban J connectivity index is 1.67. The molecule has 0 heterocycles. The summed E-state index contributed by atoms with van der Waals surface area (Å²) in [5.41, 5.74) is 0.636. The topological polar surface area (TPSA) is 96.0 Å². The van der Waals surface area contributed by atoms with Gasteiger partial charge in [0.1, 0.15) is 30.0 Å². The van der Waals surface area contributed by atoms with Gasteiger partial charge in [-0.15, -0.1) is 0 Å². The van der Waals surface area contributed by atoms with Gasteiger partial charge >= 0.3 is 0 Å². The Hall–Kier alpha value is -3.99. The van der Waals surface area contributed by atoms with Crippen LogP contribution >= 0.6 is 0 Å². The summed E-state index contributed by atoms with van der Waals surface area (Å²) in [7, 11) is -4.31. The Morgan fingerprint density at radius 3 is 2.07 bits per heavy atom. The Bertz CT molecular complexity index is 1460. The van der Waals surface area contributed by atoms with Crippen molar-refractivity contribution in [2.75, 3.05) is 17.5 Å². The maximum atomic E-state index is 13.9. The van der Waals surface area contributed by atoms with Crippen molar-refractivity contribution in [3.05, 3.63) is 90.0 Å². The first kappa shape index (κ1) is 31.0. The zero-order valence-corrected chi connectivity index (χ0v) is 24.4. The van der Waals surface area contributed by atoms with Crippen LogP contribution < -0.4 is 14.4 Å². The van der Waals surface area contributed by atoms with Crippen LogP contribution in [0.1, 0.15) is 45.1 Å². The predicted molar refractivity (Wildman–Crippen MR) is 155 cm³/mol. The van der Waals surface area contributed by atoms with Crippen LogP contribution in [-0.4, -0.2) is 50.4 Å². The Labute approximate surface area is 245 Å². The Kier molecular flexibility index (Phi) is 10.2. The summed E-state index contributed by atoms with van der Waals surface area (Å²) in [6, 6.07) is 15.1. The molecule has 0 aromatic heterocycles. The molecule has 224 valence electrons. The first-order valence-electron chi connectivity index (χ1n) is 13.9. The number of halogens is 2. The molecule has 1 saturated carbocycles. The Morgan fingerprint density at radius 1 is 0.929 bits per heavy atom. The molecular formula is C31H35F2N3O5S. The lowest BCUT2D eigenvalue weighted by atomic mass is 10.1. The highest BCUT2D eigenvalue weighted by molar-refractivity contribution is 7.92. The normalized spacial score (nSPS) is 14.3. The molecule has 4 rings (SSSR count). The van der Waals surface area contributed by atoms with Gasteiger partial charge in [0.05, 0.1) is 17.2 Å². The molecule has 3 aromatic carbocycles. The van der Waals surface area contributed by atoms with E-state index in [1.165, 1.54) is 65.6 Å². The van der Waals surface area contributed by atoms with E-state index in [-0.39, 0.29) is 29.1 Å². The molecule has 1 fully saturated rings. The maximum absolute atomic E-state index is 13.9. The summed E-state index contributed by atoms with van der Waals surface area (Å²) in [5.74, 6) is -1.56. The van der Waals surface area contributed by atoms with Gasteiger partial charge in [0.2, 0.25) is 11.8 Å². The minimum absolute atomic E-state index is 0.0125. The average molecular weight is 600 g/mol. The lowest BCUT2D eigenvalue weighted by molar-refractivity contribution is -0.139. The average Bonchev–Trinajstić information content (AvgIpc) is 3.49. The first-order valence-corrected chi connectivity index (χ1v) is 15.4. The molecule has 1 aliphatic rings. The number of nitrogens with zero attached hydrogens (tertiary/aromatic N) is 2. The summed E-state index contributed by atoms with van der Waals surface area (Å²) in [6.45, 7) is 3.06. The highest BCUT2D eigenvalue weighted by Gasteiger charge is 2.33. The summed E-state index contributed by atoms with van der Waals surface area (Å²) in [5, 5.41) is 2.99. The van der Waals surface area contributed by atoms with Crippen LogP contribution in [0.5, 0.6) is 5.75 Å². The predicted octanol–water partition coefficient (Wildman–Crippen LogP) is 5.03. The minimum Gasteiger partial charge on any atom is -0.494 e. The van der Waals surface area contributed by atoms with E-state index in [0.717, 1.165) is 42.1 Å². The maximum Gasteiger partial charge on any atom is 0.264 e. The van der Waals surface area contributed by atoms with Gasteiger partial charge in [-0.3, -0.25) is 13.9 Å². The van der Waals surface area contributed by atoms with E-state index in [0.29, 0.717) is 17.9 Å². The number of benzene rings is 3. The summed E-state index contributed by atoms with van der Waals surface area (Å²) in [4.78, 5) is 28.4. The fourth-order valence-corrected chi connectivity index (χ4v) is 6.31. The standard InChI is InChI=1S/C31H35F2N3O5S/c1-3-41-28-16-18-29(19-17-28)42(39,40)36(27-14-12-25(33)13-15-27)21-30(37)35(20-23-8-10-24(32)11-9-23)22(2)31(38)34-26-6-4-5-7-26/h8-19,22,26H,3-7,20-21H2,1-2H3,(H,34,38). The number of nitrogens with one attached hydrogen (secondary N) is 1. The number of hydrogen-bond acceptors (Lipinski definition) is 5. The fraction of sp³-hybridized carbons (Fsp3) is 0.355. The second-order valence-electron chi connectivity index (χ2n) is 10.2. The van der Waals surface area contributed by atoms with Crippen molar-refractivity contribution in [2.45, 2.75) is 63.1 Å². The molecule has 0 radical (unpaired) electrons. The highest BCUT2D eigenvalue weighted by atomic mass is 32.2. The number of carbonyl (C=O) groups is 2. The zero-order valence-electron chi connectivity index (χ0n) is 23.6. The quantitative estimate of drug-likeness (QED) is 0.315. The number of rotatable bonds is 12. The van der Waals surface area contributed by atoms with Gasteiger partial charge in [-0.25, -0.2) is 17.2 Å². The van der Waals surface area contributed by atoms with Crippen LogP contribution in [0.3, 0.4) is 0 Å². The number of sulfonamides is 1. The van der Waals surface area contributed by atoms with Crippen molar-refractivity contribution in [1.82, 2.24) is 10.2 Å². The van der Waals surface area contributed by atoms with Crippen LogP contribution in [0.2, 0.25) is 0 Å².